The van der Waals surface area contributed by atoms with Gasteiger partial charge in [-0.2, -0.15) is 8.78 Å². The zero-order chi connectivity index (χ0) is 25.5. The SMILES string of the molecule is C=C(N=NN(C)Cc1ccc(-c2nnc(C(F)F)o2)cc1)c1cccc(NC(=O)N2CCOCC2)c1. The molecule has 188 valence electrons. The van der Waals surface area contributed by atoms with Crippen LogP contribution in [0.4, 0.5) is 19.3 Å². The van der Waals surface area contributed by atoms with Crippen molar-refractivity contribution in [1.82, 2.24) is 20.1 Å². The molecule has 36 heavy (non-hydrogen) atoms. The van der Waals surface area contributed by atoms with Crippen molar-refractivity contribution in [2.45, 2.75) is 13.0 Å². The molecule has 0 aliphatic carbocycles. The van der Waals surface area contributed by atoms with Gasteiger partial charge in [0.2, 0.25) is 5.89 Å². The molecule has 1 aliphatic rings. The first-order chi connectivity index (χ1) is 17.4. The summed E-state index contributed by atoms with van der Waals surface area (Å²) in [6.45, 7) is 6.58. The van der Waals surface area contributed by atoms with Gasteiger partial charge < -0.3 is 19.4 Å². The van der Waals surface area contributed by atoms with Gasteiger partial charge in [-0.25, -0.2) is 4.79 Å². The average Bonchev–Trinajstić information content (AvgIpc) is 3.39. The second-order valence-corrected chi connectivity index (χ2v) is 8.01. The minimum Gasteiger partial charge on any atom is -0.415 e. The summed E-state index contributed by atoms with van der Waals surface area (Å²) in [5.74, 6) is -0.677. The molecule has 0 bridgehead atoms. The van der Waals surface area contributed by atoms with Crippen molar-refractivity contribution in [3.05, 3.63) is 72.1 Å². The molecule has 2 aromatic carbocycles. The molecule has 10 nitrogen and oxygen atoms in total. The molecule has 0 spiro atoms. The van der Waals surface area contributed by atoms with Crippen molar-refractivity contribution >= 4 is 17.4 Å². The van der Waals surface area contributed by atoms with Crippen LogP contribution in [0.2, 0.25) is 0 Å². The molecule has 1 saturated heterocycles. The van der Waals surface area contributed by atoms with Crippen LogP contribution in [0.15, 0.2) is 69.9 Å². The highest BCUT2D eigenvalue weighted by Crippen LogP contribution is 2.24. The van der Waals surface area contributed by atoms with E-state index in [0.717, 1.165) is 11.1 Å². The molecule has 12 heteroatoms. The van der Waals surface area contributed by atoms with Crippen LogP contribution in [0.3, 0.4) is 0 Å². The number of morpholine rings is 1. The minimum absolute atomic E-state index is 0.0320. The van der Waals surface area contributed by atoms with E-state index < -0.39 is 12.3 Å². The third-order valence-electron chi connectivity index (χ3n) is 5.30. The normalized spacial score (nSPS) is 13.8. The summed E-state index contributed by atoms with van der Waals surface area (Å²) >= 11 is 0. The van der Waals surface area contributed by atoms with Gasteiger partial charge in [0.1, 0.15) is 0 Å². The van der Waals surface area contributed by atoms with Crippen molar-refractivity contribution in [2.24, 2.45) is 10.3 Å². The number of anilines is 1. The number of benzene rings is 2. The summed E-state index contributed by atoms with van der Waals surface area (Å²) in [6.07, 6.45) is -2.81. The Balaban J connectivity index is 1.31. The summed E-state index contributed by atoms with van der Waals surface area (Å²) < 4.78 is 35.5. The molecular formula is C24H25F2N7O3. The largest absolute Gasteiger partial charge is 0.415 e. The molecular weight excluding hydrogens is 472 g/mol. The van der Waals surface area contributed by atoms with E-state index in [1.54, 1.807) is 41.2 Å². The number of hydrogen-bond donors (Lipinski definition) is 1. The van der Waals surface area contributed by atoms with E-state index in [-0.39, 0.29) is 11.9 Å². The highest BCUT2D eigenvalue weighted by Gasteiger charge is 2.18. The summed E-state index contributed by atoms with van der Waals surface area (Å²) in [5.41, 5.74) is 3.24. The summed E-state index contributed by atoms with van der Waals surface area (Å²) in [6, 6.07) is 14.1. The number of rotatable bonds is 8. The number of amides is 2. The fourth-order valence-corrected chi connectivity index (χ4v) is 3.42. The Labute approximate surface area is 206 Å². The van der Waals surface area contributed by atoms with Crippen molar-refractivity contribution in [3.63, 3.8) is 0 Å². The van der Waals surface area contributed by atoms with Gasteiger partial charge in [-0.1, -0.05) is 36.1 Å². The van der Waals surface area contributed by atoms with E-state index in [4.69, 9.17) is 9.15 Å². The number of aromatic nitrogens is 2. The number of alkyl halides is 2. The van der Waals surface area contributed by atoms with Gasteiger partial charge >= 0.3 is 12.5 Å². The van der Waals surface area contributed by atoms with Gasteiger partial charge in [0.25, 0.3) is 5.89 Å². The Bertz CT molecular complexity index is 1220. The maximum Gasteiger partial charge on any atom is 0.321 e. The Morgan fingerprint density at radius 2 is 1.94 bits per heavy atom. The third-order valence-corrected chi connectivity index (χ3v) is 5.30. The lowest BCUT2D eigenvalue weighted by atomic mass is 10.1. The highest BCUT2D eigenvalue weighted by atomic mass is 19.3. The van der Waals surface area contributed by atoms with Crippen molar-refractivity contribution in [3.8, 4) is 11.5 Å². The molecule has 0 atom stereocenters. The number of nitrogens with one attached hydrogen (secondary N) is 1. The monoisotopic (exact) mass is 497 g/mol. The number of nitrogens with zero attached hydrogens (tertiary/aromatic N) is 6. The molecule has 1 aromatic heterocycles. The number of urea groups is 1. The topological polar surface area (TPSA) is 108 Å². The zero-order valence-corrected chi connectivity index (χ0v) is 19.6. The molecule has 0 saturated carbocycles. The summed E-state index contributed by atoms with van der Waals surface area (Å²) in [7, 11) is 1.76. The van der Waals surface area contributed by atoms with Gasteiger partial charge in [0, 0.05) is 37.0 Å². The van der Waals surface area contributed by atoms with E-state index in [1.165, 1.54) is 0 Å². The van der Waals surface area contributed by atoms with E-state index in [1.807, 2.05) is 24.3 Å². The van der Waals surface area contributed by atoms with E-state index in [2.05, 4.69) is 32.4 Å². The molecule has 0 unspecified atom stereocenters. The van der Waals surface area contributed by atoms with Crippen LogP contribution in [0.5, 0.6) is 0 Å². The standard InChI is InChI=1S/C24H25F2N7O3/c1-16(19-4-3-5-20(14-19)27-24(34)33-10-12-35-13-11-33)28-31-32(2)15-17-6-8-18(9-7-17)22-29-30-23(36-22)21(25)26/h3-9,14,21H,1,10-13,15H2,2H3,(H,27,34). The third kappa shape index (κ3) is 6.48. The quantitative estimate of drug-likeness (QED) is 0.346. The number of hydrogen-bond acceptors (Lipinski definition) is 7. The van der Waals surface area contributed by atoms with Gasteiger partial charge in [0.05, 0.1) is 25.5 Å². The predicted octanol–water partition coefficient (Wildman–Crippen LogP) is 5.01. The Morgan fingerprint density at radius 3 is 2.64 bits per heavy atom. The van der Waals surface area contributed by atoms with Crippen LogP contribution >= 0.6 is 0 Å². The van der Waals surface area contributed by atoms with Crippen LogP contribution < -0.4 is 5.32 Å². The number of halogens is 2. The Hall–Kier alpha value is -4.19. The maximum absolute atomic E-state index is 12.6. The van der Waals surface area contributed by atoms with E-state index in [0.29, 0.717) is 49.8 Å². The molecule has 3 aromatic rings. The second kappa shape index (κ2) is 11.5. The lowest BCUT2D eigenvalue weighted by molar-refractivity contribution is 0.0564. The molecule has 4 rings (SSSR count). The molecule has 1 aliphatic heterocycles. The summed E-state index contributed by atoms with van der Waals surface area (Å²) in [4.78, 5) is 14.1. The number of ether oxygens (including phenoxy) is 1. The molecule has 1 fully saturated rings. The maximum atomic E-state index is 12.6. The minimum atomic E-state index is -2.81. The molecule has 0 radical (unpaired) electrons. The first-order valence-electron chi connectivity index (χ1n) is 11.2. The van der Waals surface area contributed by atoms with Crippen LogP contribution in [0.1, 0.15) is 23.4 Å². The Kier molecular flexibility index (Phi) is 7.95. The van der Waals surface area contributed by atoms with Gasteiger partial charge in [-0.05, 0) is 29.8 Å². The fraction of sp³-hybridized carbons (Fsp3) is 0.292. The Morgan fingerprint density at radius 1 is 1.19 bits per heavy atom. The number of carbonyl (C=O) groups is 1. The van der Waals surface area contributed by atoms with Crippen LogP contribution in [0.25, 0.3) is 17.2 Å². The average molecular weight is 498 g/mol. The van der Waals surface area contributed by atoms with Crippen LogP contribution in [0, 0.1) is 0 Å². The zero-order valence-electron chi connectivity index (χ0n) is 19.6. The first kappa shape index (κ1) is 24.9. The van der Waals surface area contributed by atoms with Gasteiger partial charge in [-0.15, -0.1) is 15.3 Å². The van der Waals surface area contributed by atoms with Crippen molar-refractivity contribution < 1.29 is 22.7 Å². The van der Waals surface area contributed by atoms with Gasteiger partial charge in [-0.3, -0.25) is 5.01 Å². The number of carbonyl (C=O) groups excluding carboxylic acids is 1. The second-order valence-electron chi connectivity index (χ2n) is 8.01. The van der Waals surface area contributed by atoms with Crippen LogP contribution in [-0.4, -0.2) is 59.5 Å². The highest BCUT2D eigenvalue weighted by molar-refractivity contribution is 5.90. The van der Waals surface area contributed by atoms with E-state index >= 15 is 0 Å². The molecule has 1 N–H and O–H groups in total. The lowest BCUT2D eigenvalue weighted by Crippen LogP contribution is -2.43. The molecule has 2 heterocycles. The van der Waals surface area contributed by atoms with Crippen molar-refractivity contribution in [2.75, 3.05) is 38.7 Å². The lowest BCUT2D eigenvalue weighted by Gasteiger charge is -2.27. The summed E-state index contributed by atoms with van der Waals surface area (Å²) in [5, 5.41) is 19.9. The predicted molar refractivity (Wildman–Crippen MR) is 128 cm³/mol. The van der Waals surface area contributed by atoms with Crippen LogP contribution in [-0.2, 0) is 11.3 Å². The first-order valence-corrected chi connectivity index (χ1v) is 11.2. The smallest absolute Gasteiger partial charge is 0.321 e. The fourth-order valence-electron chi connectivity index (χ4n) is 3.42. The molecule has 2 amide bonds. The van der Waals surface area contributed by atoms with Crippen molar-refractivity contribution in [1.29, 1.82) is 0 Å². The van der Waals surface area contributed by atoms with Gasteiger partial charge in [0.15, 0.2) is 0 Å². The van der Waals surface area contributed by atoms with E-state index in [9.17, 15) is 13.6 Å².